The molecule has 0 atom stereocenters. The molecule has 28 heavy (non-hydrogen) atoms. The summed E-state index contributed by atoms with van der Waals surface area (Å²) >= 11 is 12.1. The lowest BCUT2D eigenvalue weighted by atomic mass is 10.2. The average Bonchev–Trinajstić information content (AvgIpc) is 3.18. The van der Waals surface area contributed by atoms with Crippen molar-refractivity contribution >= 4 is 40.8 Å². The van der Waals surface area contributed by atoms with E-state index in [0.29, 0.717) is 32.8 Å². The smallest absolute Gasteiger partial charge is 0.337 e. The number of amides is 1. The van der Waals surface area contributed by atoms with Crippen molar-refractivity contribution in [3.63, 3.8) is 0 Å². The van der Waals surface area contributed by atoms with Crippen LogP contribution in [0.15, 0.2) is 59.0 Å². The number of carbonyl (C=O) groups is 2. The van der Waals surface area contributed by atoms with E-state index in [0.717, 1.165) is 0 Å². The third-order valence-corrected chi connectivity index (χ3v) is 4.37. The van der Waals surface area contributed by atoms with Gasteiger partial charge in [-0.1, -0.05) is 29.3 Å². The molecule has 2 aromatic carbocycles. The first-order valence-electron chi connectivity index (χ1n) is 8.13. The number of furan rings is 1. The van der Waals surface area contributed by atoms with Crippen LogP contribution in [0.2, 0.25) is 10.0 Å². The molecule has 0 saturated carbocycles. The predicted molar refractivity (Wildman–Crippen MR) is 105 cm³/mol. The zero-order chi connectivity index (χ0) is 20.1. The van der Waals surface area contributed by atoms with E-state index >= 15 is 0 Å². The Morgan fingerprint density at radius 3 is 2.32 bits per heavy atom. The Morgan fingerprint density at radius 2 is 1.68 bits per heavy atom. The Hall–Kier alpha value is -2.96. The average molecular weight is 420 g/mol. The van der Waals surface area contributed by atoms with Crippen molar-refractivity contribution < 1.29 is 23.5 Å². The van der Waals surface area contributed by atoms with Crippen LogP contribution in [0.1, 0.15) is 26.7 Å². The number of benzene rings is 2. The van der Waals surface area contributed by atoms with Gasteiger partial charge in [-0.15, -0.1) is 0 Å². The number of carbonyl (C=O) groups excluding carboxylic acids is 2. The Kier molecular flexibility index (Phi) is 6.23. The van der Waals surface area contributed by atoms with Crippen molar-refractivity contribution in [2.24, 2.45) is 0 Å². The lowest BCUT2D eigenvalue weighted by Gasteiger charge is -2.07. The molecule has 0 aliphatic heterocycles. The van der Waals surface area contributed by atoms with Gasteiger partial charge >= 0.3 is 5.97 Å². The zero-order valence-electron chi connectivity index (χ0n) is 14.7. The van der Waals surface area contributed by atoms with E-state index in [1.165, 1.54) is 13.2 Å². The number of esters is 1. The van der Waals surface area contributed by atoms with E-state index < -0.39 is 11.9 Å². The topological polar surface area (TPSA) is 77.8 Å². The van der Waals surface area contributed by atoms with Gasteiger partial charge in [0.15, 0.2) is 5.76 Å². The highest BCUT2D eigenvalue weighted by Crippen LogP contribution is 2.30. The van der Waals surface area contributed by atoms with E-state index in [1.54, 1.807) is 48.5 Å². The highest BCUT2D eigenvalue weighted by atomic mass is 35.5. The summed E-state index contributed by atoms with van der Waals surface area (Å²) in [4.78, 5) is 23.7. The number of hydrogen-bond donors (Lipinski definition) is 1. The van der Waals surface area contributed by atoms with Crippen LogP contribution in [0, 0.1) is 0 Å². The molecule has 144 valence electrons. The Balaban J connectivity index is 1.61. The maximum atomic E-state index is 12.3. The second kappa shape index (κ2) is 8.82. The molecule has 0 spiro atoms. The van der Waals surface area contributed by atoms with E-state index in [1.807, 2.05) is 0 Å². The van der Waals surface area contributed by atoms with Crippen molar-refractivity contribution in [2.75, 3.05) is 12.4 Å². The summed E-state index contributed by atoms with van der Waals surface area (Å²) in [5.41, 5.74) is 0.737. The second-order valence-electron chi connectivity index (χ2n) is 5.62. The van der Waals surface area contributed by atoms with Gasteiger partial charge < -0.3 is 19.2 Å². The number of ether oxygens (including phenoxy) is 2. The molecule has 0 radical (unpaired) electrons. The van der Waals surface area contributed by atoms with E-state index in [2.05, 4.69) is 10.1 Å². The van der Waals surface area contributed by atoms with Gasteiger partial charge in [-0.3, -0.25) is 4.79 Å². The molecule has 1 aromatic heterocycles. The summed E-state index contributed by atoms with van der Waals surface area (Å²) < 4.78 is 15.7. The predicted octanol–water partition coefficient (Wildman–Crippen LogP) is 5.20. The third-order valence-electron chi connectivity index (χ3n) is 3.74. The zero-order valence-corrected chi connectivity index (χ0v) is 16.2. The molecular weight excluding hydrogens is 405 g/mol. The van der Waals surface area contributed by atoms with Gasteiger partial charge in [0.1, 0.15) is 18.1 Å². The van der Waals surface area contributed by atoms with Crippen LogP contribution in [0.4, 0.5) is 5.69 Å². The molecule has 8 heteroatoms. The van der Waals surface area contributed by atoms with E-state index in [4.69, 9.17) is 32.4 Å². The molecule has 1 N–H and O–H groups in total. The van der Waals surface area contributed by atoms with E-state index in [-0.39, 0.29) is 12.4 Å². The fraction of sp³-hybridized carbons (Fsp3) is 0.100. The number of rotatable bonds is 6. The monoisotopic (exact) mass is 419 g/mol. The van der Waals surface area contributed by atoms with Crippen LogP contribution in [0.5, 0.6) is 5.75 Å². The number of halogens is 2. The van der Waals surface area contributed by atoms with Crippen LogP contribution < -0.4 is 10.1 Å². The number of anilines is 1. The number of nitrogens with one attached hydrogen (secondary N) is 1. The van der Waals surface area contributed by atoms with Crippen molar-refractivity contribution in [1.82, 2.24) is 0 Å². The summed E-state index contributed by atoms with van der Waals surface area (Å²) in [6.07, 6.45) is 0. The van der Waals surface area contributed by atoms with Crippen molar-refractivity contribution in [3.8, 4) is 5.75 Å². The highest BCUT2D eigenvalue weighted by molar-refractivity contribution is 6.39. The molecule has 0 saturated heterocycles. The minimum atomic E-state index is -0.483. The first kappa shape index (κ1) is 19.8. The first-order chi connectivity index (χ1) is 13.5. The minimum Gasteiger partial charge on any atom is -0.486 e. The summed E-state index contributed by atoms with van der Waals surface area (Å²) in [7, 11) is 1.32. The SMILES string of the molecule is COC(=O)c1ccc(OCc2ccc(C(=O)Nc3c(Cl)cccc3Cl)o2)cc1. The molecular formula is C20H15Cl2NO5. The summed E-state index contributed by atoms with van der Waals surface area (Å²) in [5, 5.41) is 3.27. The third kappa shape index (κ3) is 4.65. The molecule has 0 bridgehead atoms. The molecule has 0 unspecified atom stereocenters. The van der Waals surface area contributed by atoms with Crippen molar-refractivity contribution in [2.45, 2.75) is 6.61 Å². The van der Waals surface area contributed by atoms with Crippen molar-refractivity contribution in [1.29, 1.82) is 0 Å². The summed E-state index contributed by atoms with van der Waals surface area (Å²) in [5.74, 6) is 0.177. The fourth-order valence-corrected chi connectivity index (χ4v) is 2.82. The Labute approximate surface area is 171 Å². The van der Waals surface area contributed by atoms with Crippen molar-refractivity contribution in [3.05, 3.63) is 81.7 Å². The molecule has 1 heterocycles. The van der Waals surface area contributed by atoms with Gasteiger partial charge in [0.05, 0.1) is 28.4 Å². The molecule has 6 nitrogen and oxygen atoms in total. The van der Waals surface area contributed by atoms with Crippen LogP contribution in [0.25, 0.3) is 0 Å². The quantitative estimate of drug-likeness (QED) is 0.555. The minimum absolute atomic E-state index is 0.0932. The van der Waals surface area contributed by atoms with Crippen LogP contribution >= 0.6 is 23.2 Å². The molecule has 0 fully saturated rings. The van der Waals surface area contributed by atoms with Crippen LogP contribution in [0.3, 0.4) is 0 Å². The maximum Gasteiger partial charge on any atom is 0.337 e. The lowest BCUT2D eigenvalue weighted by Crippen LogP contribution is -2.11. The maximum absolute atomic E-state index is 12.3. The van der Waals surface area contributed by atoms with Gasteiger partial charge in [0.25, 0.3) is 5.91 Å². The Morgan fingerprint density at radius 1 is 1.00 bits per heavy atom. The van der Waals surface area contributed by atoms with Crippen LogP contribution in [-0.2, 0) is 11.3 Å². The normalized spacial score (nSPS) is 10.4. The van der Waals surface area contributed by atoms with Crippen LogP contribution in [-0.4, -0.2) is 19.0 Å². The summed E-state index contributed by atoms with van der Waals surface area (Å²) in [6.45, 7) is 0.109. The lowest BCUT2D eigenvalue weighted by molar-refractivity contribution is 0.0600. The molecule has 0 aliphatic rings. The number of methoxy groups -OCH3 is 1. The first-order valence-corrected chi connectivity index (χ1v) is 8.89. The standard InChI is InChI=1S/C20H15Cl2NO5/c1-26-20(25)12-5-7-13(8-6-12)27-11-14-9-10-17(28-14)19(24)23-18-15(21)3-2-4-16(18)22/h2-10H,11H2,1H3,(H,23,24). The van der Waals surface area contributed by atoms with Gasteiger partial charge in [0, 0.05) is 0 Å². The molecule has 0 aliphatic carbocycles. The van der Waals surface area contributed by atoms with Gasteiger partial charge in [-0.25, -0.2) is 4.79 Å². The Bertz CT molecular complexity index is 978. The number of para-hydroxylation sites is 1. The number of hydrogen-bond acceptors (Lipinski definition) is 5. The van der Waals surface area contributed by atoms with Gasteiger partial charge in [-0.05, 0) is 48.5 Å². The highest BCUT2D eigenvalue weighted by Gasteiger charge is 2.15. The molecule has 1 amide bonds. The summed E-state index contributed by atoms with van der Waals surface area (Å²) in [6, 6.07) is 14.5. The largest absolute Gasteiger partial charge is 0.486 e. The second-order valence-corrected chi connectivity index (χ2v) is 6.44. The fourth-order valence-electron chi connectivity index (χ4n) is 2.33. The van der Waals surface area contributed by atoms with Gasteiger partial charge in [0.2, 0.25) is 0 Å². The van der Waals surface area contributed by atoms with Gasteiger partial charge in [-0.2, -0.15) is 0 Å². The molecule has 3 rings (SSSR count). The molecule has 3 aromatic rings. The van der Waals surface area contributed by atoms with E-state index in [9.17, 15) is 9.59 Å².